The number of hydrogen-bond donors (Lipinski definition) is 1. The SMILES string of the molecule is O=C(CCc1ccc(C(F)(F)F)cc1)N1CCC(C(=O)NCCCc2ccccc2)(c2ccccc2)CC1. The van der Waals surface area contributed by atoms with Gasteiger partial charge in [-0.15, -0.1) is 0 Å². The predicted molar refractivity (Wildman–Crippen MR) is 141 cm³/mol. The largest absolute Gasteiger partial charge is 0.416 e. The maximum Gasteiger partial charge on any atom is 0.416 e. The lowest BCUT2D eigenvalue weighted by Gasteiger charge is -2.41. The summed E-state index contributed by atoms with van der Waals surface area (Å²) in [4.78, 5) is 28.2. The third-order valence-electron chi connectivity index (χ3n) is 7.41. The van der Waals surface area contributed by atoms with Gasteiger partial charge in [0.15, 0.2) is 0 Å². The van der Waals surface area contributed by atoms with Crippen molar-refractivity contribution in [1.29, 1.82) is 0 Å². The molecule has 0 spiro atoms. The van der Waals surface area contributed by atoms with Crippen LogP contribution in [0.15, 0.2) is 84.9 Å². The minimum Gasteiger partial charge on any atom is -0.355 e. The Hall–Kier alpha value is -3.61. The minimum absolute atomic E-state index is 0.00591. The quantitative estimate of drug-likeness (QED) is 0.353. The van der Waals surface area contributed by atoms with E-state index in [-0.39, 0.29) is 18.2 Å². The molecule has 1 aliphatic rings. The highest BCUT2D eigenvalue weighted by molar-refractivity contribution is 5.89. The van der Waals surface area contributed by atoms with E-state index < -0.39 is 17.2 Å². The second-order valence-corrected chi connectivity index (χ2v) is 9.87. The van der Waals surface area contributed by atoms with Crippen molar-refractivity contribution in [3.63, 3.8) is 0 Å². The standard InChI is InChI=1S/C31H33F3N2O2/c32-31(33,34)27-16-13-25(14-17-27)15-18-28(37)36-22-19-30(20-23-36,26-11-5-2-6-12-26)29(38)35-21-7-10-24-8-3-1-4-9-24/h1-6,8-9,11-14,16-17H,7,10,15,18-23H2,(H,35,38). The number of likely N-dealkylation sites (tertiary alicyclic amines) is 1. The Bertz CT molecular complexity index is 1190. The second kappa shape index (κ2) is 12.3. The Morgan fingerprint density at radius 1 is 0.789 bits per heavy atom. The average Bonchev–Trinajstić information content (AvgIpc) is 2.94. The molecule has 3 aromatic rings. The van der Waals surface area contributed by atoms with Crippen molar-refractivity contribution in [1.82, 2.24) is 10.2 Å². The van der Waals surface area contributed by atoms with Crippen molar-refractivity contribution in [2.24, 2.45) is 0 Å². The van der Waals surface area contributed by atoms with Gasteiger partial charge in [-0.1, -0.05) is 72.8 Å². The summed E-state index contributed by atoms with van der Waals surface area (Å²) < 4.78 is 38.4. The lowest BCUT2D eigenvalue weighted by molar-refractivity contribution is -0.137. The molecular formula is C31H33F3N2O2. The fourth-order valence-corrected chi connectivity index (χ4v) is 5.12. The number of amides is 2. The van der Waals surface area contributed by atoms with Crippen molar-refractivity contribution in [2.45, 2.75) is 50.1 Å². The van der Waals surface area contributed by atoms with E-state index in [4.69, 9.17) is 0 Å². The lowest BCUT2D eigenvalue weighted by atomic mass is 9.72. The molecule has 0 aromatic heterocycles. The van der Waals surface area contributed by atoms with Crippen LogP contribution in [0.3, 0.4) is 0 Å². The first-order valence-corrected chi connectivity index (χ1v) is 13.1. The smallest absolute Gasteiger partial charge is 0.355 e. The maximum atomic E-state index is 13.5. The highest BCUT2D eigenvalue weighted by atomic mass is 19.4. The topological polar surface area (TPSA) is 49.4 Å². The molecule has 0 unspecified atom stereocenters. The van der Waals surface area contributed by atoms with E-state index >= 15 is 0 Å². The van der Waals surface area contributed by atoms with Gasteiger partial charge in [-0.05, 0) is 60.9 Å². The third kappa shape index (κ3) is 6.82. The van der Waals surface area contributed by atoms with E-state index in [0.29, 0.717) is 44.5 Å². The van der Waals surface area contributed by atoms with Crippen molar-refractivity contribution in [3.05, 3.63) is 107 Å². The summed E-state index contributed by atoms with van der Waals surface area (Å²) in [5.41, 5.74) is 1.49. The summed E-state index contributed by atoms with van der Waals surface area (Å²) in [5.74, 6) is -0.0524. The number of benzene rings is 3. The number of alkyl halides is 3. The van der Waals surface area contributed by atoms with Gasteiger partial charge in [0.25, 0.3) is 0 Å². The van der Waals surface area contributed by atoms with Gasteiger partial charge in [0.2, 0.25) is 11.8 Å². The molecule has 0 saturated carbocycles. The molecule has 0 radical (unpaired) electrons. The number of nitrogens with zero attached hydrogens (tertiary/aromatic N) is 1. The molecule has 200 valence electrons. The molecule has 3 aromatic carbocycles. The maximum absolute atomic E-state index is 13.5. The number of nitrogens with one attached hydrogen (secondary N) is 1. The fraction of sp³-hybridized carbons (Fsp3) is 0.355. The molecule has 0 aliphatic carbocycles. The number of carbonyl (C=O) groups excluding carboxylic acids is 2. The highest BCUT2D eigenvalue weighted by Crippen LogP contribution is 2.36. The van der Waals surface area contributed by atoms with Crippen LogP contribution in [0.1, 0.15) is 47.9 Å². The van der Waals surface area contributed by atoms with Crippen LogP contribution in [-0.2, 0) is 34.0 Å². The summed E-state index contributed by atoms with van der Waals surface area (Å²) in [6.45, 7) is 1.49. The van der Waals surface area contributed by atoms with Crippen molar-refractivity contribution in [2.75, 3.05) is 19.6 Å². The predicted octanol–water partition coefficient (Wildman–Crippen LogP) is 5.95. The van der Waals surface area contributed by atoms with E-state index in [1.54, 1.807) is 4.90 Å². The van der Waals surface area contributed by atoms with E-state index in [2.05, 4.69) is 17.4 Å². The van der Waals surface area contributed by atoms with Crippen LogP contribution in [0.5, 0.6) is 0 Å². The molecule has 38 heavy (non-hydrogen) atoms. The molecule has 1 aliphatic heterocycles. The first-order valence-electron chi connectivity index (χ1n) is 13.1. The monoisotopic (exact) mass is 522 g/mol. The Kier molecular flexibility index (Phi) is 8.87. The molecule has 0 bridgehead atoms. The van der Waals surface area contributed by atoms with Crippen LogP contribution >= 0.6 is 0 Å². The summed E-state index contributed by atoms with van der Waals surface area (Å²) in [6.07, 6.45) is -1.01. The zero-order valence-corrected chi connectivity index (χ0v) is 21.3. The Morgan fingerprint density at radius 3 is 1.97 bits per heavy atom. The first kappa shape index (κ1) is 27.4. The van der Waals surface area contributed by atoms with Gasteiger partial charge in [0.1, 0.15) is 0 Å². The molecular weight excluding hydrogens is 489 g/mol. The number of halogens is 3. The Morgan fingerprint density at radius 2 is 1.37 bits per heavy atom. The summed E-state index contributed by atoms with van der Waals surface area (Å²) >= 11 is 0. The number of aryl methyl sites for hydroxylation is 2. The van der Waals surface area contributed by atoms with Crippen molar-refractivity contribution >= 4 is 11.8 Å². The van der Waals surface area contributed by atoms with Gasteiger partial charge >= 0.3 is 6.18 Å². The van der Waals surface area contributed by atoms with E-state index in [0.717, 1.165) is 30.5 Å². The zero-order chi connectivity index (χ0) is 27.0. The molecule has 1 N–H and O–H groups in total. The van der Waals surface area contributed by atoms with Crippen LogP contribution in [0.25, 0.3) is 0 Å². The van der Waals surface area contributed by atoms with Crippen molar-refractivity contribution in [3.8, 4) is 0 Å². The van der Waals surface area contributed by atoms with E-state index in [9.17, 15) is 22.8 Å². The number of hydrogen-bond acceptors (Lipinski definition) is 2. The molecule has 2 amide bonds. The van der Waals surface area contributed by atoms with Crippen LogP contribution < -0.4 is 5.32 Å². The minimum atomic E-state index is -4.37. The summed E-state index contributed by atoms with van der Waals surface area (Å²) in [7, 11) is 0. The van der Waals surface area contributed by atoms with Crippen LogP contribution in [-0.4, -0.2) is 36.3 Å². The molecule has 4 nitrogen and oxygen atoms in total. The van der Waals surface area contributed by atoms with E-state index in [1.165, 1.54) is 17.7 Å². The number of carbonyl (C=O) groups is 2. The van der Waals surface area contributed by atoms with Crippen molar-refractivity contribution < 1.29 is 22.8 Å². The molecule has 7 heteroatoms. The summed E-state index contributed by atoms with van der Waals surface area (Å²) in [5, 5.41) is 3.15. The fourth-order valence-electron chi connectivity index (χ4n) is 5.12. The van der Waals surface area contributed by atoms with Crippen LogP contribution in [0, 0.1) is 0 Å². The highest BCUT2D eigenvalue weighted by Gasteiger charge is 2.43. The number of piperidine rings is 1. The normalized spacial score (nSPS) is 15.2. The molecule has 0 atom stereocenters. The van der Waals surface area contributed by atoms with Gasteiger partial charge in [-0.2, -0.15) is 13.2 Å². The van der Waals surface area contributed by atoms with Gasteiger partial charge < -0.3 is 10.2 Å². The van der Waals surface area contributed by atoms with E-state index in [1.807, 2.05) is 48.5 Å². The Labute approximate surface area is 221 Å². The lowest BCUT2D eigenvalue weighted by Crippen LogP contribution is -2.53. The van der Waals surface area contributed by atoms with Gasteiger partial charge in [0, 0.05) is 26.1 Å². The zero-order valence-electron chi connectivity index (χ0n) is 21.3. The van der Waals surface area contributed by atoms with Crippen LogP contribution in [0.4, 0.5) is 13.2 Å². The number of rotatable bonds is 9. The first-order chi connectivity index (χ1) is 18.3. The Balaban J connectivity index is 1.33. The van der Waals surface area contributed by atoms with Gasteiger partial charge in [0.05, 0.1) is 11.0 Å². The second-order valence-electron chi connectivity index (χ2n) is 9.87. The molecule has 4 rings (SSSR count). The van der Waals surface area contributed by atoms with Crippen LogP contribution in [0.2, 0.25) is 0 Å². The van der Waals surface area contributed by atoms with Gasteiger partial charge in [-0.25, -0.2) is 0 Å². The third-order valence-corrected chi connectivity index (χ3v) is 7.41. The van der Waals surface area contributed by atoms with Gasteiger partial charge in [-0.3, -0.25) is 9.59 Å². The molecule has 1 heterocycles. The summed E-state index contributed by atoms with van der Waals surface area (Å²) in [6, 6.07) is 24.9. The average molecular weight is 523 g/mol. The molecule has 1 fully saturated rings. The molecule has 1 saturated heterocycles.